The molecule has 0 aromatic heterocycles. The summed E-state index contributed by atoms with van der Waals surface area (Å²) in [6.45, 7) is 4.45. The van der Waals surface area contributed by atoms with Gasteiger partial charge in [-0.25, -0.2) is 8.42 Å². The van der Waals surface area contributed by atoms with Crippen LogP contribution in [0.25, 0.3) is 0 Å². The molecule has 1 aliphatic heterocycles. The first kappa shape index (κ1) is 30.5. The minimum absolute atomic E-state index is 0.0304. The van der Waals surface area contributed by atoms with E-state index in [-0.39, 0.29) is 17.2 Å². The molecule has 0 bridgehead atoms. The highest BCUT2D eigenvalue weighted by Crippen LogP contribution is 2.40. The van der Waals surface area contributed by atoms with E-state index in [9.17, 15) is 13.2 Å². The number of methoxy groups -OCH3 is 1. The highest BCUT2D eigenvalue weighted by atomic mass is 32.2. The molecule has 0 unspecified atom stereocenters. The van der Waals surface area contributed by atoms with Gasteiger partial charge in [0.1, 0.15) is 5.75 Å². The lowest BCUT2D eigenvalue weighted by Crippen LogP contribution is -2.49. The van der Waals surface area contributed by atoms with Crippen molar-refractivity contribution < 1.29 is 17.9 Å². The molecule has 0 spiro atoms. The van der Waals surface area contributed by atoms with Gasteiger partial charge in [-0.05, 0) is 84.7 Å². The molecule has 1 aliphatic carbocycles. The summed E-state index contributed by atoms with van der Waals surface area (Å²) in [6.07, 6.45) is 12.7. The Bertz CT molecular complexity index is 1580. The van der Waals surface area contributed by atoms with Crippen LogP contribution in [-0.2, 0) is 22.9 Å². The minimum Gasteiger partial charge on any atom is -0.495 e. The van der Waals surface area contributed by atoms with E-state index in [1.807, 2.05) is 18.2 Å². The van der Waals surface area contributed by atoms with Gasteiger partial charge in [-0.15, -0.1) is 12.3 Å². The van der Waals surface area contributed by atoms with Crippen LogP contribution in [-0.4, -0.2) is 52.5 Å². The molecule has 0 atom stereocenters. The standard InChI is InChI=1S/C35H41N3O4S/c1-4-6-9-26-12-16-30(17-13-26)36-43(40,41)31-18-14-28(8-5-2)32(25-31)35(39)38-22-20-37(21-23-38)33-24-29(27-10-7-11-27)15-19-34(33)42-3/h2,12-19,24-25,27,36H,4,6-11,20-23H2,1,3H3. The van der Waals surface area contributed by atoms with Crippen LogP contribution in [0.4, 0.5) is 11.4 Å². The predicted octanol–water partition coefficient (Wildman–Crippen LogP) is 6.24. The maximum absolute atomic E-state index is 13.8. The Morgan fingerprint density at radius 3 is 2.40 bits per heavy atom. The van der Waals surface area contributed by atoms with E-state index in [4.69, 9.17) is 11.2 Å². The lowest BCUT2D eigenvalue weighted by atomic mass is 9.80. The number of benzene rings is 3. The first-order valence-corrected chi connectivity index (χ1v) is 16.7. The van der Waals surface area contributed by atoms with Crippen LogP contribution < -0.4 is 14.4 Å². The zero-order valence-electron chi connectivity index (χ0n) is 25.1. The molecule has 226 valence electrons. The van der Waals surface area contributed by atoms with Gasteiger partial charge in [0.15, 0.2) is 0 Å². The molecule has 1 heterocycles. The number of terminal acetylenes is 1. The first-order valence-electron chi connectivity index (χ1n) is 15.2. The highest BCUT2D eigenvalue weighted by molar-refractivity contribution is 7.92. The number of nitrogens with one attached hydrogen (secondary N) is 1. The third-order valence-corrected chi connectivity index (χ3v) is 10.0. The summed E-state index contributed by atoms with van der Waals surface area (Å²) in [5.41, 5.74) is 5.02. The normalized spacial score (nSPS) is 15.5. The van der Waals surface area contributed by atoms with E-state index in [0.29, 0.717) is 48.9 Å². The second-order valence-electron chi connectivity index (χ2n) is 11.4. The number of hydrogen-bond donors (Lipinski definition) is 1. The highest BCUT2D eigenvalue weighted by Gasteiger charge is 2.28. The van der Waals surface area contributed by atoms with E-state index in [0.717, 1.165) is 30.7 Å². The van der Waals surface area contributed by atoms with Gasteiger partial charge < -0.3 is 14.5 Å². The molecule has 0 radical (unpaired) electrons. The predicted molar refractivity (Wildman–Crippen MR) is 173 cm³/mol. The number of unbranched alkanes of at least 4 members (excludes halogenated alkanes) is 1. The Morgan fingerprint density at radius 2 is 1.77 bits per heavy atom. The summed E-state index contributed by atoms with van der Waals surface area (Å²) >= 11 is 0. The van der Waals surface area contributed by atoms with Gasteiger partial charge in [0.2, 0.25) is 0 Å². The lowest BCUT2D eigenvalue weighted by molar-refractivity contribution is 0.0745. The number of hydrogen-bond acceptors (Lipinski definition) is 5. The Balaban J connectivity index is 1.31. The molecule has 5 rings (SSSR count). The SMILES string of the molecule is C#CCc1ccc(S(=O)(=O)Nc2ccc(CCCC)cc2)cc1C(=O)N1CCN(c2cc(C3CCC3)ccc2OC)CC1. The van der Waals surface area contributed by atoms with Crippen molar-refractivity contribution in [1.82, 2.24) is 4.90 Å². The summed E-state index contributed by atoms with van der Waals surface area (Å²) < 4.78 is 35.0. The molecule has 1 saturated carbocycles. The maximum Gasteiger partial charge on any atom is 0.261 e. The minimum atomic E-state index is -3.92. The quantitative estimate of drug-likeness (QED) is 0.264. The average Bonchev–Trinajstić information content (AvgIpc) is 2.99. The van der Waals surface area contributed by atoms with Gasteiger partial charge >= 0.3 is 0 Å². The first-order chi connectivity index (χ1) is 20.8. The zero-order chi connectivity index (χ0) is 30.4. The second-order valence-corrected chi connectivity index (χ2v) is 13.1. The fraction of sp³-hybridized carbons (Fsp3) is 0.400. The Kier molecular flexibility index (Phi) is 9.62. The number of sulfonamides is 1. The molecule has 1 saturated heterocycles. The summed E-state index contributed by atoms with van der Waals surface area (Å²) in [4.78, 5) is 17.9. The Labute approximate surface area is 256 Å². The van der Waals surface area contributed by atoms with Gasteiger partial charge in [0.25, 0.3) is 15.9 Å². The molecular weight excluding hydrogens is 558 g/mol. The van der Waals surface area contributed by atoms with Gasteiger partial charge in [0.05, 0.1) is 17.7 Å². The number of carbonyl (C=O) groups excluding carboxylic acids is 1. The molecule has 43 heavy (non-hydrogen) atoms. The van der Waals surface area contributed by atoms with E-state index in [1.54, 1.807) is 30.2 Å². The smallest absolute Gasteiger partial charge is 0.261 e. The summed E-state index contributed by atoms with van der Waals surface area (Å²) in [5, 5.41) is 0. The van der Waals surface area contributed by atoms with Gasteiger partial charge in [-0.1, -0.05) is 44.0 Å². The fourth-order valence-electron chi connectivity index (χ4n) is 5.79. The third-order valence-electron chi connectivity index (χ3n) is 8.63. The number of ether oxygens (including phenoxy) is 1. The lowest BCUT2D eigenvalue weighted by Gasteiger charge is -2.37. The van der Waals surface area contributed by atoms with Crippen molar-refractivity contribution in [1.29, 1.82) is 0 Å². The molecule has 1 N–H and O–H groups in total. The van der Waals surface area contributed by atoms with Crippen molar-refractivity contribution in [2.24, 2.45) is 0 Å². The number of anilines is 2. The van der Waals surface area contributed by atoms with Gasteiger partial charge in [0, 0.05) is 43.9 Å². The van der Waals surface area contributed by atoms with E-state index >= 15 is 0 Å². The Morgan fingerprint density at radius 1 is 1.02 bits per heavy atom. The third kappa shape index (κ3) is 7.00. The molecule has 8 heteroatoms. The number of piperazine rings is 1. The van der Waals surface area contributed by atoms with Crippen molar-refractivity contribution in [2.45, 2.75) is 62.7 Å². The van der Waals surface area contributed by atoms with Crippen LogP contribution in [0, 0.1) is 12.3 Å². The van der Waals surface area contributed by atoms with Gasteiger partial charge in [-0.2, -0.15) is 0 Å². The monoisotopic (exact) mass is 599 g/mol. The van der Waals surface area contributed by atoms with Gasteiger partial charge in [-0.3, -0.25) is 9.52 Å². The summed E-state index contributed by atoms with van der Waals surface area (Å²) in [5.74, 6) is 3.85. The molecular formula is C35H41N3O4S. The van der Waals surface area contributed by atoms with Crippen LogP contribution in [0.1, 0.15) is 72.0 Å². The molecule has 3 aromatic rings. The molecule has 7 nitrogen and oxygen atoms in total. The molecule has 1 amide bonds. The summed E-state index contributed by atoms with van der Waals surface area (Å²) in [7, 11) is -2.23. The van der Waals surface area contributed by atoms with E-state index in [1.165, 1.54) is 42.5 Å². The number of aryl methyl sites for hydroxylation is 1. The average molecular weight is 600 g/mol. The summed E-state index contributed by atoms with van der Waals surface area (Å²) in [6, 6.07) is 18.5. The van der Waals surface area contributed by atoms with E-state index < -0.39 is 10.0 Å². The van der Waals surface area contributed by atoms with E-state index in [2.05, 4.69) is 34.6 Å². The maximum atomic E-state index is 13.8. The van der Waals surface area contributed by atoms with Crippen molar-refractivity contribution in [3.8, 4) is 18.1 Å². The van der Waals surface area contributed by atoms with Crippen molar-refractivity contribution in [3.63, 3.8) is 0 Å². The van der Waals surface area contributed by atoms with Crippen LogP contribution in [0.5, 0.6) is 5.75 Å². The zero-order valence-corrected chi connectivity index (χ0v) is 26.0. The topological polar surface area (TPSA) is 79.0 Å². The second kappa shape index (κ2) is 13.6. The van der Waals surface area contributed by atoms with Crippen molar-refractivity contribution in [2.75, 3.05) is 42.9 Å². The van der Waals surface area contributed by atoms with Crippen molar-refractivity contribution >= 4 is 27.3 Å². The van der Waals surface area contributed by atoms with Crippen LogP contribution >= 0.6 is 0 Å². The molecule has 2 fully saturated rings. The number of carbonyl (C=O) groups is 1. The number of nitrogens with zero attached hydrogens (tertiary/aromatic N) is 2. The number of rotatable bonds is 11. The van der Waals surface area contributed by atoms with Crippen molar-refractivity contribution in [3.05, 3.63) is 82.9 Å². The largest absolute Gasteiger partial charge is 0.495 e. The fourth-order valence-corrected chi connectivity index (χ4v) is 6.88. The number of amides is 1. The van der Waals surface area contributed by atoms with Crippen LogP contribution in [0.2, 0.25) is 0 Å². The van der Waals surface area contributed by atoms with Crippen LogP contribution in [0.15, 0.2) is 65.6 Å². The molecule has 3 aromatic carbocycles. The Hall–Kier alpha value is -3.96. The van der Waals surface area contributed by atoms with Crippen LogP contribution in [0.3, 0.4) is 0 Å². The molecule has 2 aliphatic rings.